The quantitative estimate of drug-likeness (QED) is 0.485. The van der Waals surface area contributed by atoms with Crippen LogP contribution in [0.25, 0.3) is 0 Å². The second-order valence-electron chi connectivity index (χ2n) is 6.89. The predicted octanol–water partition coefficient (Wildman–Crippen LogP) is 3.71. The lowest BCUT2D eigenvalue weighted by Crippen LogP contribution is -2.15. The number of benzene rings is 2. The number of halogens is 1. The maximum absolute atomic E-state index is 11.1. The standard InChI is InChI=1S/C22H24BrN3O3/c23-18-10-8-16(9-11-18)14-29-21-7-2-1-4-17(21)5-3-6-19(27)12-26-13-20(22(24)28)25-15-26/h1-2,4,7-11,13,15,19,27H,3,5-6,12,14H2,(H2,24,28). The molecule has 3 N–H and O–H groups in total. The van der Waals surface area contributed by atoms with Gasteiger partial charge in [-0.25, -0.2) is 4.98 Å². The highest BCUT2D eigenvalue weighted by Gasteiger charge is 2.10. The van der Waals surface area contributed by atoms with Crippen molar-refractivity contribution in [2.45, 2.75) is 38.5 Å². The van der Waals surface area contributed by atoms with Crippen LogP contribution in [0.2, 0.25) is 0 Å². The van der Waals surface area contributed by atoms with Gasteiger partial charge in [0, 0.05) is 17.2 Å². The third-order valence-electron chi connectivity index (χ3n) is 4.57. The van der Waals surface area contributed by atoms with Crippen molar-refractivity contribution < 1.29 is 14.6 Å². The number of hydrogen-bond donors (Lipinski definition) is 2. The molecule has 29 heavy (non-hydrogen) atoms. The number of carbonyl (C=O) groups is 1. The van der Waals surface area contributed by atoms with E-state index >= 15 is 0 Å². The Hall–Kier alpha value is -2.64. The zero-order valence-corrected chi connectivity index (χ0v) is 17.6. The van der Waals surface area contributed by atoms with Crippen LogP contribution in [0.5, 0.6) is 5.75 Å². The first-order valence-electron chi connectivity index (χ1n) is 9.46. The van der Waals surface area contributed by atoms with Crippen LogP contribution < -0.4 is 10.5 Å². The molecule has 1 atom stereocenters. The molecular formula is C22H24BrN3O3. The number of aryl methyl sites for hydroxylation is 1. The molecular weight excluding hydrogens is 434 g/mol. The molecule has 0 aliphatic rings. The van der Waals surface area contributed by atoms with Crippen LogP contribution in [0, 0.1) is 0 Å². The van der Waals surface area contributed by atoms with E-state index in [4.69, 9.17) is 10.5 Å². The van der Waals surface area contributed by atoms with Crippen LogP contribution in [0.15, 0.2) is 65.5 Å². The molecule has 3 rings (SSSR count). The molecule has 0 aliphatic carbocycles. The normalized spacial score (nSPS) is 11.9. The van der Waals surface area contributed by atoms with Crippen molar-refractivity contribution in [1.82, 2.24) is 9.55 Å². The number of ether oxygens (including phenoxy) is 1. The summed E-state index contributed by atoms with van der Waals surface area (Å²) in [6.07, 6.45) is 4.79. The fraction of sp³-hybridized carbons (Fsp3) is 0.273. The zero-order chi connectivity index (χ0) is 20.6. The van der Waals surface area contributed by atoms with Crippen LogP contribution in [0.1, 0.15) is 34.5 Å². The second kappa shape index (κ2) is 10.2. The number of nitrogens with two attached hydrogens (primary N) is 1. The van der Waals surface area contributed by atoms with E-state index < -0.39 is 12.0 Å². The number of imidazole rings is 1. The number of aliphatic hydroxyl groups excluding tert-OH is 1. The van der Waals surface area contributed by atoms with Gasteiger partial charge >= 0.3 is 0 Å². The molecule has 2 aromatic carbocycles. The first-order chi connectivity index (χ1) is 14.0. The number of carbonyl (C=O) groups excluding carboxylic acids is 1. The Kier molecular flexibility index (Phi) is 7.43. The topological polar surface area (TPSA) is 90.4 Å². The summed E-state index contributed by atoms with van der Waals surface area (Å²) in [6.45, 7) is 0.887. The highest BCUT2D eigenvalue weighted by atomic mass is 79.9. The number of hydrogen-bond acceptors (Lipinski definition) is 4. The minimum absolute atomic E-state index is 0.203. The summed E-state index contributed by atoms with van der Waals surface area (Å²) in [4.78, 5) is 15.0. The number of nitrogens with zero attached hydrogens (tertiary/aromatic N) is 2. The molecule has 1 aromatic heterocycles. The third kappa shape index (κ3) is 6.44. The van der Waals surface area contributed by atoms with Crippen molar-refractivity contribution in [3.8, 4) is 5.75 Å². The van der Waals surface area contributed by atoms with E-state index in [2.05, 4.69) is 27.0 Å². The van der Waals surface area contributed by atoms with Crippen LogP contribution in [-0.2, 0) is 19.6 Å². The molecule has 1 unspecified atom stereocenters. The summed E-state index contributed by atoms with van der Waals surface area (Å²) >= 11 is 3.43. The monoisotopic (exact) mass is 457 g/mol. The van der Waals surface area contributed by atoms with Crippen molar-refractivity contribution in [2.75, 3.05) is 0 Å². The number of aromatic nitrogens is 2. The molecule has 7 heteroatoms. The van der Waals surface area contributed by atoms with Gasteiger partial charge in [0.2, 0.25) is 0 Å². The first kappa shape index (κ1) is 21.1. The largest absolute Gasteiger partial charge is 0.489 e. The van der Waals surface area contributed by atoms with Gasteiger partial charge < -0.3 is 20.1 Å². The van der Waals surface area contributed by atoms with E-state index in [-0.39, 0.29) is 5.69 Å². The van der Waals surface area contributed by atoms with Gasteiger partial charge in [-0.1, -0.05) is 46.3 Å². The Morgan fingerprint density at radius 1 is 1.21 bits per heavy atom. The number of para-hydroxylation sites is 1. The van der Waals surface area contributed by atoms with Crippen LogP contribution >= 0.6 is 15.9 Å². The lowest BCUT2D eigenvalue weighted by atomic mass is 10.0. The smallest absolute Gasteiger partial charge is 0.268 e. The molecule has 0 bridgehead atoms. The number of primary amides is 1. The van der Waals surface area contributed by atoms with Gasteiger partial charge in [0.15, 0.2) is 0 Å². The molecule has 3 aromatic rings. The maximum Gasteiger partial charge on any atom is 0.268 e. The van der Waals surface area contributed by atoms with Gasteiger partial charge in [-0.15, -0.1) is 0 Å². The molecule has 0 saturated heterocycles. The third-order valence-corrected chi connectivity index (χ3v) is 5.10. The molecule has 1 amide bonds. The summed E-state index contributed by atoms with van der Waals surface area (Å²) in [7, 11) is 0. The summed E-state index contributed by atoms with van der Waals surface area (Å²) in [5.74, 6) is 0.295. The van der Waals surface area contributed by atoms with Crippen molar-refractivity contribution >= 4 is 21.8 Å². The molecule has 1 heterocycles. The van der Waals surface area contributed by atoms with Gasteiger partial charge in [-0.2, -0.15) is 0 Å². The summed E-state index contributed by atoms with van der Waals surface area (Å²) in [6, 6.07) is 16.0. The average molecular weight is 458 g/mol. The van der Waals surface area contributed by atoms with Crippen molar-refractivity contribution in [1.29, 1.82) is 0 Å². The Morgan fingerprint density at radius 2 is 1.97 bits per heavy atom. The summed E-state index contributed by atoms with van der Waals surface area (Å²) in [5, 5.41) is 10.3. The molecule has 0 fully saturated rings. The molecule has 0 aliphatic heterocycles. The van der Waals surface area contributed by atoms with Gasteiger partial charge in [0.1, 0.15) is 18.1 Å². The Labute approximate surface area is 178 Å². The first-order valence-corrected chi connectivity index (χ1v) is 10.3. The van der Waals surface area contributed by atoms with E-state index in [0.29, 0.717) is 19.6 Å². The van der Waals surface area contributed by atoms with Gasteiger partial charge in [-0.05, 0) is 48.6 Å². The predicted molar refractivity (Wildman–Crippen MR) is 115 cm³/mol. The van der Waals surface area contributed by atoms with E-state index in [1.807, 2.05) is 42.5 Å². The van der Waals surface area contributed by atoms with E-state index in [1.165, 1.54) is 6.33 Å². The number of amides is 1. The summed E-state index contributed by atoms with van der Waals surface area (Å²) < 4.78 is 8.73. The number of aliphatic hydroxyl groups is 1. The number of rotatable bonds is 10. The molecule has 152 valence electrons. The highest BCUT2D eigenvalue weighted by Crippen LogP contribution is 2.22. The Morgan fingerprint density at radius 3 is 2.69 bits per heavy atom. The van der Waals surface area contributed by atoms with Crippen molar-refractivity contribution in [3.05, 3.63) is 82.3 Å². The molecule has 6 nitrogen and oxygen atoms in total. The van der Waals surface area contributed by atoms with Crippen LogP contribution in [0.3, 0.4) is 0 Å². The van der Waals surface area contributed by atoms with Gasteiger partial charge in [-0.3, -0.25) is 4.79 Å². The Balaban J connectivity index is 1.48. The highest BCUT2D eigenvalue weighted by molar-refractivity contribution is 9.10. The van der Waals surface area contributed by atoms with E-state index in [1.54, 1.807) is 10.8 Å². The lowest BCUT2D eigenvalue weighted by molar-refractivity contribution is 0.0995. The van der Waals surface area contributed by atoms with Crippen LogP contribution in [0.4, 0.5) is 0 Å². The second-order valence-corrected chi connectivity index (χ2v) is 7.80. The molecule has 0 spiro atoms. The SMILES string of the molecule is NC(=O)c1cn(CC(O)CCCc2ccccc2OCc2ccc(Br)cc2)cn1. The Bertz CT molecular complexity index is 940. The molecule has 0 radical (unpaired) electrons. The lowest BCUT2D eigenvalue weighted by Gasteiger charge is -2.14. The van der Waals surface area contributed by atoms with E-state index in [0.717, 1.165) is 34.2 Å². The zero-order valence-electron chi connectivity index (χ0n) is 16.0. The fourth-order valence-electron chi connectivity index (χ4n) is 3.04. The molecule has 0 saturated carbocycles. The van der Waals surface area contributed by atoms with Crippen LogP contribution in [-0.4, -0.2) is 26.7 Å². The van der Waals surface area contributed by atoms with Crippen molar-refractivity contribution in [2.24, 2.45) is 5.73 Å². The van der Waals surface area contributed by atoms with E-state index in [9.17, 15) is 9.90 Å². The minimum atomic E-state index is -0.571. The minimum Gasteiger partial charge on any atom is -0.489 e. The van der Waals surface area contributed by atoms with Crippen molar-refractivity contribution in [3.63, 3.8) is 0 Å². The maximum atomic E-state index is 11.1. The van der Waals surface area contributed by atoms with Gasteiger partial charge in [0.25, 0.3) is 5.91 Å². The average Bonchev–Trinajstić information content (AvgIpc) is 3.17. The fourth-order valence-corrected chi connectivity index (χ4v) is 3.31. The van der Waals surface area contributed by atoms with Gasteiger partial charge in [0.05, 0.1) is 12.4 Å². The summed E-state index contributed by atoms with van der Waals surface area (Å²) in [5.41, 5.74) is 7.62.